The number of carboxylic acid groups (broad SMARTS) is 1. The van der Waals surface area contributed by atoms with Crippen molar-refractivity contribution in [2.24, 2.45) is 0 Å². The molecule has 0 aliphatic rings. The molecule has 66 valence electrons. The van der Waals surface area contributed by atoms with Crippen molar-refractivity contribution in [2.75, 3.05) is 5.73 Å². The smallest absolute Gasteiger partial charge is 0.335 e. The molecular weight excluding hydrogens is 166 g/mol. The van der Waals surface area contributed by atoms with Crippen LogP contribution in [0.5, 0.6) is 0 Å². The normalized spacial score (nSPS) is 8.92. The Hall–Kier alpha value is -1.99. The molecule has 3 nitrogen and oxygen atoms in total. The van der Waals surface area contributed by atoms with Crippen molar-refractivity contribution in [2.45, 2.75) is 0 Å². The highest BCUT2D eigenvalue weighted by atomic mass is 16.4. The molecular formula is C10H9NO2. The molecule has 13 heavy (non-hydrogen) atoms. The topological polar surface area (TPSA) is 63.3 Å². The fourth-order valence-electron chi connectivity index (χ4n) is 1.00. The lowest BCUT2D eigenvalue weighted by Gasteiger charge is -1.99. The molecule has 0 amide bonds. The van der Waals surface area contributed by atoms with Gasteiger partial charge in [0.05, 0.1) is 5.56 Å². The van der Waals surface area contributed by atoms with Gasteiger partial charge in [0.25, 0.3) is 0 Å². The van der Waals surface area contributed by atoms with Crippen LogP contribution in [0.2, 0.25) is 0 Å². The van der Waals surface area contributed by atoms with Crippen LogP contribution < -0.4 is 5.73 Å². The number of aromatic carboxylic acids is 1. The Bertz CT molecular complexity index is 370. The first kappa shape index (κ1) is 9.10. The molecule has 0 spiro atoms. The van der Waals surface area contributed by atoms with Crippen molar-refractivity contribution in [3.05, 3.63) is 41.6 Å². The average Bonchev–Trinajstić information content (AvgIpc) is 2.03. The molecule has 0 saturated carbocycles. The maximum absolute atomic E-state index is 10.6. The van der Waals surface area contributed by atoms with Crippen LogP contribution in [0, 0.1) is 0 Å². The van der Waals surface area contributed by atoms with Crippen LogP contribution in [0.1, 0.15) is 15.9 Å². The predicted molar refractivity (Wildman–Crippen MR) is 51.4 cm³/mol. The Morgan fingerprint density at radius 2 is 2.23 bits per heavy atom. The summed E-state index contributed by atoms with van der Waals surface area (Å²) >= 11 is 0. The van der Waals surface area contributed by atoms with Gasteiger partial charge in [-0.1, -0.05) is 6.58 Å². The minimum absolute atomic E-state index is 0.168. The number of nitrogen functional groups attached to an aromatic ring is 1. The summed E-state index contributed by atoms with van der Waals surface area (Å²) < 4.78 is 0. The number of carboxylic acids is 1. The average molecular weight is 175 g/mol. The molecule has 3 N–H and O–H groups in total. The summed E-state index contributed by atoms with van der Waals surface area (Å²) in [6.45, 7) is 3.39. The van der Waals surface area contributed by atoms with Crippen LogP contribution in [-0.4, -0.2) is 11.1 Å². The lowest BCUT2D eigenvalue weighted by molar-refractivity contribution is 0.0697. The quantitative estimate of drug-likeness (QED) is 0.531. The van der Waals surface area contributed by atoms with Crippen molar-refractivity contribution >= 4 is 17.7 Å². The van der Waals surface area contributed by atoms with Gasteiger partial charge < -0.3 is 10.8 Å². The van der Waals surface area contributed by atoms with Gasteiger partial charge in [0.15, 0.2) is 0 Å². The minimum Gasteiger partial charge on any atom is -0.478 e. The van der Waals surface area contributed by atoms with Crippen molar-refractivity contribution in [3.8, 4) is 0 Å². The second-order valence-electron chi connectivity index (χ2n) is 2.54. The molecule has 1 rings (SSSR count). The number of benzene rings is 1. The van der Waals surface area contributed by atoms with E-state index in [4.69, 9.17) is 10.8 Å². The lowest BCUT2D eigenvalue weighted by Crippen LogP contribution is -1.98. The summed E-state index contributed by atoms with van der Waals surface area (Å²) in [4.78, 5) is 10.6. The predicted octanol–water partition coefficient (Wildman–Crippen LogP) is 1.77. The van der Waals surface area contributed by atoms with E-state index in [-0.39, 0.29) is 5.56 Å². The molecule has 0 aliphatic carbocycles. The van der Waals surface area contributed by atoms with Crippen LogP contribution in [0.15, 0.2) is 30.5 Å². The Labute approximate surface area is 75.8 Å². The number of rotatable bonds is 2. The van der Waals surface area contributed by atoms with Crippen LogP contribution >= 0.6 is 0 Å². The standard InChI is InChI=1S/C10H9NO2/c1-2-3-7-4-8(10(12)13)6-9(11)5-7/h3-6H,1,11H2,(H,12,13). The first-order chi connectivity index (χ1) is 6.13. The highest BCUT2D eigenvalue weighted by Gasteiger charge is 2.03. The molecule has 0 saturated heterocycles. The SMILES string of the molecule is C=C=Cc1cc(N)cc(C(=O)O)c1. The third-order valence-corrected chi connectivity index (χ3v) is 1.49. The van der Waals surface area contributed by atoms with E-state index in [1.165, 1.54) is 12.1 Å². The molecule has 0 aromatic heterocycles. The van der Waals surface area contributed by atoms with Crippen molar-refractivity contribution in [1.29, 1.82) is 0 Å². The zero-order valence-electron chi connectivity index (χ0n) is 6.95. The molecule has 0 heterocycles. The van der Waals surface area contributed by atoms with E-state index in [0.29, 0.717) is 11.3 Å². The Morgan fingerprint density at radius 3 is 2.77 bits per heavy atom. The van der Waals surface area contributed by atoms with E-state index < -0.39 is 5.97 Å². The highest BCUT2D eigenvalue weighted by Crippen LogP contribution is 2.12. The summed E-state index contributed by atoms with van der Waals surface area (Å²) in [6.07, 6.45) is 1.57. The van der Waals surface area contributed by atoms with Gasteiger partial charge in [-0.15, -0.1) is 5.73 Å². The Morgan fingerprint density at radius 1 is 1.54 bits per heavy atom. The van der Waals surface area contributed by atoms with E-state index in [9.17, 15) is 4.79 Å². The first-order valence-electron chi connectivity index (χ1n) is 3.63. The van der Waals surface area contributed by atoms with Crippen LogP contribution in [-0.2, 0) is 0 Å². The van der Waals surface area contributed by atoms with Crippen LogP contribution in [0.25, 0.3) is 6.08 Å². The van der Waals surface area contributed by atoms with Crippen LogP contribution in [0.4, 0.5) is 5.69 Å². The van der Waals surface area contributed by atoms with Gasteiger partial charge in [0.1, 0.15) is 0 Å². The zero-order chi connectivity index (χ0) is 9.84. The first-order valence-corrected chi connectivity index (χ1v) is 3.63. The largest absolute Gasteiger partial charge is 0.478 e. The molecule has 3 heteroatoms. The molecule has 0 bridgehead atoms. The lowest BCUT2D eigenvalue weighted by atomic mass is 10.1. The summed E-state index contributed by atoms with van der Waals surface area (Å²) in [6, 6.07) is 4.57. The molecule has 0 unspecified atom stereocenters. The fourth-order valence-corrected chi connectivity index (χ4v) is 1.00. The van der Waals surface area contributed by atoms with Gasteiger partial charge in [0, 0.05) is 5.69 Å². The number of anilines is 1. The van der Waals surface area contributed by atoms with Gasteiger partial charge in [-0.05, 0) is 29.8 Å². The van der Waals surface area contributed by atoms with Gasteiger partial charge in [-0.2, -0.15) is 0 Å². The number of hydrogen-bond acceptors (Lipinski definition) is 2. The minimum atomic E-state index is -0.994. The van der Waals surface area contributed by atoms with Gasteiger partial charge >= 0.3 is 5.97 Å². The summed E-state index contributed by atoms with van der Waals surface area (Å²) in [5, 5.41) is 8.70. The van der Waals surface area contributed by atoms with E-state index in [1.807, 2.05) is 0 Å². The van der Waals surface area contributed by atoms with E-state index >= 15 is 0 Å². The molecule has 0 fully saturated rings. The Kier molecular flexibility index (Phi) is 2.52. The zero-order valence-corrected chi connectivity index (χ0v) is 6.95. The number of nitrogens with two attached hydrogens (primary N) is 1. The van der Waals surface area contributed by atoms with Crippen molar-refractivity contribution in [3.63, 3.8) is 0 Å². The molecule has 1 aromatic carbocycles. The highest BCUT2D eigenvalue weighted by molar-refractivity contribution is 5.89. The summed E-state index contributed by atoms with van der Waals surface area (Å²) in [5.41, 5.74) is 9.32. The molecule has 0 radical (unpaired) electrons. The number of hydrogen-bond donors (Lipinski definition) is 2. The van der Waals surface area contributed by atoms with Gasteiger partial charge in [-0.3, -0.25) is 0 Å². The Balaban J connectivity index is 3.26. The van der Waals surface area contributed by atoms with E-state index in [0.717, 1.165) is 0 Å². The molecule has 0 atom stereocenters. The number of carbonyl (C=O) groups is 1. The third kappa shape index (κ3) is 2.22. The van der Waals surface area contributed by atoms with Crippen LogP contribution in [0.3, 0.4) is 0 Å². The van der Waals surface area contributed by atoms with Crippen molar-refractivity contribution < 1.29 is 9.90 Å². The van der Waals surface area contributed by atoms with Gasteiger partial charge in [-0.25, -0.2) is 4.79 Å². The van der Waals surface area contributed by atoms with Gasteiger partial charge in [0.2, 0.25) is 0 Å². The second-order valence-corrected chi connectivity index (χ2v) is 2.54. The maximum Gasteiger partial charge on any atom is 0.335 e. The summed E-state index contributed by atoms with van der Waals surface area (Å²) in [7, 11) is 0. The van der Waals surface area contributed by atoms with Crippen molar-refractivity contribution in [1.82, 2.24) is 0 Å². The summed E-state index contributed by atoms with van der Waals surface area (Å²) in [5.74, 6) is -0.994. The van der Waals surface area contributed by atoms with E-state index in [2.05, 4.69) is 12.3 Å². The monoisotopic (exact) mass is 175 g/mol. The molecule has 0 aliphatic heterocycles. The van der Waals surface area contributed by atoms with E-state index in [1.54, 1.807) is 12.1 Å². The molecule has 1 aromatic rings. The maximum atomic E-state index is 10.6. The third-order valence-electron chi connectivity index (χ3n) is 1.49. The second kappa shape index (κ2) is 3.61. The fraction of sp³-hybridized carbons (Fsp3) is 0.